The molecule has 7 nitrogen and oxygen atoms in total. The van der Waals surface area contributed by atoms with Crippen LogP contribution in [0.5, 0.6) is 0 Å². The van der Waals surface area contributed by atoms with Gasteiger partial charge in [-0.15, -0.1) is 0 Å². The maximum atomic E-state index is 12.6. The van der Waals surface area contributed by atoms with Crippen LogP contribution in [0.15, 0.2) is 24.3 Å². The fourth-order valence-electron chi connectivity index (χ4n) is 3.51. The van der Waals surface area contributed by atoms with Crippen LogP contribution in [-0.4, -0.2) is 66.4 Å². The molecule has 1 aliphatic heterocycles. The number of hydrogen-bond donors (Lipinski definition) is 0. The van der Waals surface area contributed by atoms with E-state index in [0.717, 1.165) is 44.2 Å². The fraction of sp³-hybridized carbons (Fsp3) is 0.632. The van der Waals surface area contributed by atoms with E-state index < -0.39 is 0 Å². The molecule has 1 aliphatic carbocycles. The number of rotatable bonds is 8. The second-order valence-corrected chi connectivity index (χ2v) is 7.32. The van der Waals surface area contributed by atoms with Gasteiger partial charge in [-0.1, -0.05) is 6.92 Å². The van der Waals surface area contributed by atoms with E-state index >= 15 is 0 Å². The zero-order valence-corrected chi connectivity index (χ0v) is 15.5. The lowest BCUT2D eigenvalue weighted by molar-refractivity contribution is -0.384. The Morgan fingerprint density at radius 2 is 1.85 bits per heavy atom. The molecule has 0 spiro atoms. The van der Waals surface area contributed by atoms with Gasteiger partial charge in [0.2, 0.25) is 5.91 Å². The molecule has 1 amide bonds. The monoisotopic (exact) mass is 360 g/mol. The zero-order valence-electron chi connectivity index (χ0n) is 15.5. The van der Waals surface area contributed by atoms with Crippen molar-refractivity contribution in [2.24, 2.45) is 5.92 Å². The molecule has 3 rings (SSSR count). The Morgan fingerprint density at radius 1 is 1.19 bits per heavy atom. The maximum absolute atomic E-state index is 12.6. The summed E-state index contributed by atoms with van der Waals surface area (Å²) < 4.78 is 0. The molecule has 0 aromatic heterocycles. The van der Waals surface area contributed by atoms with Crippen molar-refractivity contribution < 1.29 is 9.72 Å². The molecule has 2 aliphatic rings. The molecule has 2 fully saturated rings. The lowest BCUT2D eigenvalue weighted by Crippen LogP contribution is -2.51. The van der Waals surface area contributed by atoms with E-state index in [1.54, 1.807) is 12.1 Å². The van der Waals surface area contributed by atoms with Gasteiger partial charge in [0.05, 0.1) is 11.5 Å². The Kier molecular flexibility index (Phi) is 6.08. The second-order valence-electron chi connectivity index (χ2n) is 7.32. The summed E-state index contributed by atoms with van der Waals surface area (Å²) in [6, 6.07) is 6.64. The Morgan fingerprint density at radius 3 is 2.38 bits per heavy atom. The number of amides is 1. The number of piperazine rings is 1. The molecule has 0 unspecified atom stereocenters. The molecule has 0 bridgehead atoms. The van der Waals surface area contributed by atoms with Crippen LogP contribution in [0.25, 0.3) is 0 Å². The van der Waals surface area contributed by atoms with Crippen molar-refractivity contribution in [2.45, 2.75) is 26.2 Å². The normalized spacial score (nSPS) is 17.6. The highest BCUT2D eigenvalue weighted by atomic mass is 16.6. The molecular formula is C19H28N4O3. The number of nitro groups is 1. The van der Waals surface area contributed by atoms with Crippen LogP contribution in [0.3, 0.4) is 0 Å². The quantitative estimate of drug-likeness (QED) is 0.526. The average Bonchev–Trinajstić information content (AvgIpc) is 3.46. The van der Waals surface area contributed by atoms with Gasteiger partial charge < -0.3 is 9.80 Å². The van der Waals surface area contributed by atoms with Crippen molar-refractivity contribution in [1.29, 1.82) is 0 Å². The predicted molar refractivity (Wildman–Crippen MR) is 101 cm³/mol. The third-order valence-corrected chi connectivity index (χ3v) is 5.17. The van der Waals surface area contributed by atoms with Gasteiger partial charge in [-0.25, -0.2) is 0 Å². The van der Waals surface area contributed by atoms with E-state index in [0.29, 0.717) is 19.6 Å². The van der Waals surface area contributed by atoms with Gasteiger partial charge in [0, 0.05) is 50.5 Å². The van der Waals surface area contributed by atoms with Crippen molar-refractivity contribution in [2.75, 3.05) is 50.7 Å². The highest BCUT2D eigenvalue weighted by molar-refractivity contribution is 5.78. The topological polar surface area (TPSA) is 69.9 Å². The molecule has 7 heteroatoms. The Hall–Kier alpha value is -2.15. The predicted octanol–water partition coefficient (Wildman–Crippen LogP) is 2.37. The molecule has 26 heavy (non-hydrogen) atoms. The second kappa shape index (κ2) is 8.49. The Labute approximate surface area is 154 Å². The van der Waals surface area contributed by atoms with Crippen LogP contribution in [0.1, 0.15) is 26.2 Å². The Bertz CT molecular complexity index is 622. The molecule has 0 radical (unpaired) electrons. The summed E-state index contributed by atoms with van der Waals surface area (Å²) >= 11 is 0. The first kappa shape index (κ1) is 18.6. The van der Waals surface area contributed by atoms with E-state index in [-0.39, 0.29) is 16.5 Å². The largest absolute Gasteiger partial charge is 0.368 e. The van der Waals surface area contributed by atoms with Crippen LogP contribution in [-0.2, 0) is 4.79 Å². The fourth-order valence-corrected chi connectivity index (χ4v) is 3.51. The molecule has 1 saturated carbocycles. The lowest BCUT2D eigenvalue weighted by Gasteiger charge is -2.37. The van der Waals surface area contributed by atoms with E-state index in [9.17, 15) is 14.9 Å². The first-order valence-electron chi connectivity index (χ1n) is 9.56. The molecule has 1 heterocycles. The van der Waals surface area contributed by atoms with Crippen molar-refractivity contribution in [3.8, 4) is 0 Å². The SMILES string of the molecule is CCCN(CC(=O)N1CCN(c2ccc([N+](=O)[O-])cc2)CC1)CC1CC1. The van der Waals surface area contributed by atoms with Crippen molar-refractivity contribution in [3.05, 3.63) is 34.4 Å². The summed E-state index contributed by atoms with van der Waals surface area (Å²) in [7, 11) is 0. The summed E-state index contributed by atoms with van der Waals surface area (Å²) in [5.41, 5.74) is 1.08. The van der Waals surface area contributed by atoms with Gasteiger partial charge in [-0.3, -0.25) is 19.8 Å². The van der Waals surface area contributed by atoms with Gasteiger partial charge in [-0.05, 0) is 43.9 Å². The van der Waals surface area contributed by atoms with Gasteiger partial charge in [0.25, 0.3) is 5.69 Å². The van der Waals surface area contributed by atoms with E-state index in [1.807, 2.05) is 4.90 Å². The minimum absolute atomic E-state index is 0.106. The number of anilines is 1. The highest BCUT2D eigenvalue weighted by Gasteiger charge is 2.27. The third-order valence-electron chi connectivity index (χ3n) is 5.17. The van der Waals surface area contributed by atoms with Gasteiger partial charge in [0.1, 0.15) is 0 Å². The number of benzene rings is 1. The van der Waals surface area contributed by atoms with Crippen LogP contribution in [0.4, 0.5) is 11.4 Å². The van der Waals surface area contributed by atoms with Crippen LogP contribution in [0.2, 0.25) is 0 Å². The number of nitrogens with zero attached hydrogens (tertiary/aromatic N) is 4. The van der Waals surface area contributed by atoms with Gasteiger partial charge >= 0.3 is 0 Å². The molecule has 1 aromatic carbocycles. The zero-order chi connectivity index (χ0) is 18.5. The van der Waals surface area contributed by atoms with E-state index in [4.69, 9.17) is 0 Å². The van der Waals surface area contributed by atoms with Crippen molar-refractivity contribution >= 4 is 17.3 Å². The third kappa shape index (κ3) is 4.94. The van der Waals surface area contributed by atoms with Gasteiger partial charge in [0.15, 0.2) is 0 Å². The summed E-state index contributed by atoms with van der Waals surface area (Å²) in [6.45, 7) is 7.68. The van der Waals surface area contributed by atoms with E-state index in [1.165, 1.54) is 25.0 Å². The summed E-state index contributed by atoms with van der Waals surface area (Å²) in [5.74, 6) is 1.02. The number of carbonyl (C=O) groups excluding carboxylic acids is 1. The van der Waals surface area contributed by atoms with Crippen molar-refractivity contribution in [3.63, 3.8) is 0 Å². The number of nitro benzene ring substituents is 1. The number of hydrogen-bond acceptors (Lipinski definition) is 5. The van der Waals surface area contributed by atoms with E-state index in [2.05, 4.69) is 16.7 Å². The minimum Gasteiger partial charge on any atom is -0.368 e. The molecule has 0 N–H and O–H groups in total. The standard InChI is InChI=1S/C19H28N4O3/c1-2-9-20(14-16-3-4-16)15-19(24)22-12-10-21(11-13-22)17-5-7-18(8-6-17)23(25)26/h5-8,16H,2-4,9-15H2,1H3. The summed E-state index contributed by atoms with van der Waals surface area (Å²) in [5, 5.41) is 10.8. The smallest absolute Gasteiger partial charge is 0.269 e. The summed E-state index contributed by atoms with van der Waals surface area (Å²) in [4.78, 5) is 29.5. The molecule has 142 valence electrons. The minimum atomic E-state index is -0.385. The Balaban J connectivity index is 1.49. The van der Waals surface area contributed by atoms with Crippen LogP contribution >= 0.6 is 0 Å². The molecular weight excluding hydrogens is 332 g/mol. The number of non-ortho nitro benzene ring substituents is 1. The van der Waals surface area contributed by atoms with Gasteiger partial charge in [-0.2, -0.15) is 0 Å². The molecule has 0 atom stereocenters. The first-order chi connectivity index (χ1) is 12.6. The lowest BCUT2D eigenvalue weighted by atomic mass is 10.2. The molecule has 1 aromatic rings. The number of carbonyl (C=O) groups is 1. The van der Waals surface area contributed by atoms with Crippen LogP contribution in [0, 0.1) is 16.0 Å². The van der Waals surface area contributed by atoms with Crippen LogP contribution < -0.4 is 4.90 Å². The summed E-state index contributed by atoms with van der Waals surface area (Å²) in [6.07, 6.45) is 3.69. The van der Waals surface area contributed by atoms with Crippen molar-refractivity contribution in [1.82, 2.24) is 9.80 Å². The maximum Gasteiger partial charge on any atom is 0.269 e. The average molecular weight is 360 g/mol. The highest BCUT2D eigenvalue weighted by Crippen LogP contribution is 2.29. The molecule has 1 saturated heterocycles. The first-order valence-corrected chi connectivity index (χ1v) is 9.56.